The Balaban J connectivity index is 2.24. The van der Waals surface area contributed by atoms with Gasteiger partial charge in [0.25, 0.3) is 0 Å². The average molecular weight is 271 g/mol. The Kier molecular flexibility index (Phi) is 6.88. The number of aromatic nitrogens is 1. The van der Waals surface area contributed by atoms with E-state index in [-0.39, 0.29) is 0 Å². The van der Waals surface area contributed by atoms with Crippen LogP contribution in [-0.2, 0) is 5.75 Å². The summed E-state index contributed by atoms with van der Waals surface area (Å²) in [5, 5.41) is 10.9. The van der Waals surface area contributed by atoms with Gasteiger partial charge in [-0.3, -0.25) is 10.4 Å². The zero-order valence-electron chi connectivity index (χ0n) is 10.0. The summed E-state index contributed by atoms with van der Waals surface area (Å²) in [5.74, 6) is 2.62. The van der Waals surface area contributed by atoms with Crippen molar-refractivity contribution < 1.29 is 4.74 Å². The normalized spacial score (nSPS) is 10.0. The van der Waals surface area contributed by atoms with E-state index in [1.807, 2.05) is 18.4 Å². The fourth-order valence-electron chi connectivity index (χ4n) is 1.20. The van der Waals surface area contributed by atoms with Crippen molar-refractivity contribution in [3.8, 4) is 5.75 Å². The summed E-state index contributed by atoms with van der Waals surface area (Å²) in [6.45, 7) is 0.805. The van der Waals surface area contributed by atoms with Crippen LogP contribution in [0.15, 0.2) is 18.3 Å². The van der Waals surface area contributed by atoms with Crippen LogP contribution >= 0.6 is 23.5 Å². The monoisotopic (exact) mass is 271 g/mol. The molecule has 1 heterocycles. The van der Waals surface area contributed by atoms with Crippen molar-refractivity contribution in [1.29, 1.82) is 5.41 Å². The first-order valence-electron chi connectivity index (χ1n) is 5.20. The third-order valence-corrected chi connectivity index (χ3v) is 3.57. The van der Waals surface area contributed by atoms with Crippen LogP contribution in [-0.4, -0.2) is 35.8 Å². The molecule has 2 N–H and O–H groups in total. The Morgan fingerprint density at radius 2 is 2.41 bits per heavy atom. The topological polar surface area (TPSA) is 58.0 Å². The minimum absolute atomic E-state index is 0.515. The predicted octanol–water partition coefficient (Wildman–Crippen LogP) is 2.21. The van der Waals surface area contributed by atoms with Gasteiger partial charge in [0.15, 0.2) is 5.17 Å². The maximum atomic E-state index is 7.41. The molecule has 4 nitrogen and oxygen atoms in total. The molecule has 1 rings (SSSR count). The van der Waals surface area contributed by atoms with Crippen molar-refractivity contribution in [2.45, 2.75) is 5.75 Å². The highest BCUT2D eigenvalue weighted by Gasteiger charge is 2.02. The average Bonchev–Trinajstić information content (AvgIpc) is 2.38. The lowest BCUT2D eigenvalue weighted by atomic mass is 10.3. The molecule has 0 unspecified atom stereocenters. The zero-order chi connectivity index (χ0) is 12.5. The number of hydrogen-bond acceptors (Lipinski definition) is 5. The molecular formula is C11H17N3OS2. The maximum absolute atomic E-state index is 7.41. The lowest BCUT2D eigenvalue weighted by Gasteiger charge is -2.07. The summed E-state index contributed by atoms with van der Waals surface area (Å²) in [6.07, 6.45) is 3.67. The Hall–Kier alpha value is -0.880. The minimum Gasteiger partial charge on any atom is -0.495 e. The Morgan fingerprint density at radius 3 is 3.12 bits per heavy atom. The smallest absolute Gasteiger partial charge is 0.153 e. The highest BCUT2D eigenvalue weighted by Crippen LogP contribution is 2.19. The van der Waals surface area contributed by atoms with Crippen molar-refractivity contribution in [1.82, 2.24) is 10.3 Å². The molecule has 1 aromatic heterocycles. The van der Waals surface area contributed by atoms with E-state index in [1.54, 1.807) is 25.1 Å². The summed E-state index contributed by atoms with van der Waals surface area (Å²) < 4.78 is 5.23. The van der Waals surface area contributed by atoms with Gasteiger partial charge in [-0.05, 0) is 18.4 Å². The highest BCUT2D eigenvalue weighted by atomic mass is 32.2. The van der Waals surface area contributed by atoms with Crippen LogP contribution in [0.1, 0.15) is 5.69 Å². The maximum Gasteiger partial charge on any atom is 0.153 e. The van der Waals surface area contributed by atoms with Gasteiger partial charge in [0.05, 0.1) is 12.8 Å². The second kappa shape index (κ2) is 8.25. The largest absolute Gasteiger partial charge is 0.495 e. The van der Waals surface area contributed by atoms with E-state index in [2.05, 4.69) is 10.3 Å². The van der Waals surface area contributed by atoms with Crippen LogP contribution in [0.25, 0.3) is 0 Å². The van der Waals surface area contributed by atoms with E-state index in [1.165, 1.54) is 11.8 Å². The van der Waals surface area contributed by atoms with Crippen LogP contribution in [0, 0.1) is 5.41 Å². The van der Waals surface area contributed by atoms with Crippen LogP contribution in [0.5, 0.6) is 5.75 Å². The van der Waals surface area contributed by atoms with Gasteiger partial charge < -0.3 is 10.1 Å². The van der Waals surface area contributed by atoms with E-state index in [4.69, 9.17) is 10.1 Å². The van der Waals surface area contributed by atoms with E-state index in [9.17, 15) is 0 Å². The molecule has 0 spiro atoms. The molecule has 0 aliphatic heterocycles. The van der Waals surface area contributed by atoms with Gasteiger partial charge in [-0.2, -0.15) is 11.8 Å². The summed E-state index contributed by atoms with van der Waals surface area (Å²) >= 11 is 3.19. The summed E-state index contributed by atoms with van der Waals surface area (Å²) in [4.78, 5) is 4.29. The number of pyridine rings is 1. The second-order valence-corrected chi connectivity index (χ2v) is 5.09. The van der Waals surface area contributed by atoms with E-state index >= 15 is 0 Å². The van der Waals surface area contributed by atoms with Crippen LogP contribution < -0.4 is 10.1 Å². The van der Waals surface area contributed by atoms with Gasteiger partial charge in [0, 0.05) is 24.2 Å². The van der Waals surface area contributed by atoms with E-state index in [0.29, 0.717) is 5.17 Å². The lowest BCUT2D eigenvalue weighted by Crippen LogP contribution is -2.21. The molecule has 94 valence electrons. The number of thioether (sulfide) groups is 2. The minimum atomic E-state index is 0.515. The molecule has 0 aliphatic carbocycles. The van der Waals surface area contributed by atoms with Gasteiger partial charge in [0.1, 0.15) is 5.75 Å². The van der Waals surface area contributed by atoms with Crippen LogP contribution in [0.3, 0.4) is 0 Å². The number of hydrogen-bond donors (Lipinski definition) is 2. The number of nitrogens with one attached hydrogen (secondary N) is 2. The molecule has 0 bridgehead atoms. The third kappa shape index (κ3) is 5.32. The van der Waals surface area contributed by atoms with Gasteiger partial charge in [-0.1, -0.05) is 11.8 Å². The number of amidine groups is 1. The first kappa shape index (κ1) is 14.2. The molecule has 0 atom stereocenters. The number of rotatable bonds is 6. The van der Waals surface area contributed by atoms with Gasteiger partial charge in [-0.25, -0.2) is 0 Å². The molecule has 0 amide bonds. The molecule has 0 aromatic carbocycles. The Bertz CT molecular complexity index is 360. The van der Waals surface area contributed by atoms with Crippen molar-refractivity contribution in [2.75, 3.05) is 25.7 Å². The van der Waals surface area contributed by atoms with Gasteiger partial charge in [-0.15, -0.1) is 0 Å². The van der Waals surface area contributed by atoms with Crippen LogP contribution in [0.2, 0.25) is 0 Å². The van der Waals surface area contributed by atoms with E-state index < -0.39 is 0 Å². The van der Waals surface area contributed by atoms with Gasteiger partial charge >= 0.3 is 0 Å². The third-order valence-electron chi connectivity index (χ3n) is 2.04. The molecular weight excluding hydrogens is 254 g/mol. The molecule has 6 heteroatoms. The zero-order valence-corrected chi connectivity index (χ0v) is 11.7. The number of ether oxygens (including phenoxy) is 1. The molecule has 0 aliphatic rings. The molecule has 0 saturated heterocycles. The quantitative estimate of drug-likeness (QED) is 0.472. The Morgan fingerprint density at radius 1 is 1.59 bits per heavy atom. The molecule has 0 fully saturated rings. The second-order valence-electron chi connectivity index (χ2n) is 3.16. The van der Waals surface area contributed by atoms with Crippen LogP contribution in [0.4, 0.5) is 0 Å². The van der Waals surface area contributed by atoms with Crippen molar-refractivity contribution in [3.63, 3.8) is 0 Å². The van der Waals surface area contributed by atoms with Crippen molar-refractivity contribution >= 4 is 28.7 Å². The van der Waals surface area contributed by atoms with Gasteiger partial charge in [0.2, 0.25) is 0 Å². The first-order valence-corrected chi connectivity index (χ1v) is 7.58. The molecule has 17 heavy (non-hydrogen) atoms. The summed E-state index contributed by atoms with van der Waals surface area (Å²) in [6, 6.07) is 3.79. The summed E-state index contributed by atoms with van der Waals surface area (Å²) in [7, 11) is 1.66. The standard InChI is InChI=1S/C11H17N3OS2/c1-15-10-4-3-5-13-9(10)8-17-7-6-14-11(12)16-2/h3-5H,6-8H2,1-2H3,(H2,12,14). The highest BCUT2D eigenvalue weighted by molar-refractivity contribution is 8.13. The van der Waals surface area contributed by atoms with Crippen molar-refractivity contribution in [3.05, 3.63) is 24.0 Å². The Labute approximate surface area is 110 Å². The van der Waals surface area contributed by atoms with E-state index in [0.717, 1.165) is 29.5 Å². The fourth-order valence-corrected chi connectivity index (χ4v) is 2.24. The van der Waals surface area contributed by atoms with Crippen molar-refractivity contribution in [2.24, 2.45) is 0 Å². The SMILES string of the molecule is COc1cccnc1CSCCNC(=N)SC. The fraction of sp³-hybridized carbons (Fsp3) is 0.455. The molecule has 1 aromatic rings. The molecule has 0 radical (unpaired) electrons. The molecule has 0 saturated carbocycles. The number of methoxy groups -OCH3 is 1. The number of nitrogens with zero attached hydrogens (tertiary/aromatic N) is 1. The lowest BCUT2D eigenvalue weighted by molar-refractivity contribution is 0.409. The first-order chi connectivity index (χ1) is 8.27. The summed E-state index contributed by atoms with van der Waals surface area (Å²) in [5.41, 5.74) is 0.972. The predicted molar refractivity (Wildman–Crippen MR) is 76.2 cm³/mol.